The fourth-order valence-corrected chi connectivity index (χ4v) is 2.27. The van der Waals surface area contributed by atoms with Crippen molar-refractivity contribution in [1.29, 1.82) is 0 Å². The number of nitrogens with zero attached hydrogens (tertiary/aromatic N) is 3. The molecule has 27 heavy (non-hydrogen) atoms. The van der Waals surface area contributed by atoms with Gasteiger partial charge in [-0.2, -0.15) is 0 Å². The highest BCUT2D eigenvalue weighted by Crippen LogP contribution is 2.09. The molecule has 0 aliphatic carbocycles. The van der Waals surface area contributed by atoms with Gasteiger partial charge in [-0.1, -0.05) is 5.21 Å². The van der Waals surface area contributed by atoms with Crippen molar-refractivity contribution in [3.63, 3.8) is 0 Å². The van der Waals surface area contributed by atoms with E-state index in [-0.39, 0.29) is 57.9 Å². The molecule has 1 heterocycles. The Labute approximate surface area is 157 Å². The Bertz CT molecular complexity index is 505. The summed E-state index contributed by atoms with van der Waals surface area (Å²) >= 11 is 0. The molecule has 0 saturated heterocycles. The van der Waals surface area contributed by atoms with Gasteiger partial charge in [-0.25, -0.2) is 0 Å². The molecule has 11 heteroatoms. The third-order valence-corrected chi connectivity index (χ3v) is 3.84. The first-order valence-electron chi connectivity index (χ1n) is 8.86. The van der Waals surface area contributed by atoms with Gasteiger partial charge in [-0.15, -0.1) is 5.10 Å². The fourth-order valence-electron chi connectivity index (χ4n) is 2.27. The molecular formula is C16H30N4O7. The fraction of sp³-hybridized carbons (Fsp3) is 0.812. The van der Waals surface area contributed by atoms with Gasteiger partial charge in [0.15, 0.2) is 0 Å². The van der Waals surface area contributed by atoms with Crippen molar-refractivity contribution in [2.75, 3.05) is 39.6 Å². The van der Waals surface area contributed by atoms with E-state index in [4.69, 9.17) is 35.6 Å². The zero-order valence-electron chi connectivity index (χ0n) is 15.3. The van der Waals surface area contributed by atoms with Gasteiger partial charge in [0.05, 0.1) is 45.3 Å². The van der Waals surface area contributed by atoms with Crippen molar-refractivity contribution in [3.05, 3.63) is 11.9 Å². The first-order chi connectivity index (χ1) is 13.0. The zero-order chi connectivity index (χ0) is 20.1. The average molecular weight is 390 g/mol. The van der Waals surface area contributed by atoms with Crippen LogP contribution in [0.1, 0.15) is 18.5 Å². The van der Waals surface area contributed by atoms with Crippen LogP contribution in [0.5, 0.6) is 0 Å². The van der Waals surface area contributed by atoms with E-state index in [1.807, 2.05) is 0 Å². The van der Waals surface area contributed by atoms with Crippen LogP contribution in [-0.2, 0) is 27.2 Å². The Balaban J connectivity index is 2.60. The topological polar surface area (TPSA) is 173 Å². The van der Waals surface area contributed by atoms with Crippen LogP contribution in [-0.4, -0.2) is 93.2 Å². The number of ether oxygens (including phenoxy) is 2. The van der Waals surface area contributed by atoms with Crippen LogP contribution >= 0.6 is 0 Å². The van der Waals surface area contributed by atoms with Crippen LogP contribution in [0.2, 0.25) is 0 Å². The molecule has 1 aromatic rings. The summed E-state index contributed by atoms with van der Waals surface area (Å²) in [5.74, 6) is -0.576. The van der Waals surface area contributed by atoms with Gasteiger partial charge in [0.25, 0.3) is 0 Å². The molecule has 0 saturated carbocycles. The van der Waals surface area contributed by atoms with E-state index >= 15 is 0 Å². The van der Waals surface area contributed by atoms with Crippen molar-refractivity contribution >= 4 is 5.91 Å². The number of rotatable bonds is 16. The van der Waals surface area contributed by atoms with Crippen molar-refractivity contribution < 1.29 is 34.7 Å². The molecule has 0 spiro atoms. The molecule has 11 nitrogen and oxygen atoms in total. The van der Waals surface area contributed by atoms with Gasteiger partial charge in [-0.05, 0) is 12.8 Å². The van der Waals surface area contributed by atoms with Crippen LogP contribution in [0.4, 0.5) is 0 Å². The number of aryl methyl sites for hydroxylation is 1. The number of hydrogen-bond acceptors (Lipinski definition) is 9. The van der Waals surface area contributed by atoms with Crippen molar-refractivity contribution in [2.24, 2.45) is 11.7 Å². The number of hydrogen-bond donors (Lipinski definition) is 5. The quantitative estimate of drug-likeness (QED) is 0.203. The lowest BCUT2D eigenvalue weighted by Gasteiger charge is -2.22. The first kappa shape index (κ1) is 23.4. The minimum atomic E-state index is -0.695. The monoisotopic (exact) mass is 390 g/mol. The molecule has 0 aromatic carbocycles. The van der Waals surface area contributed by atoms with Gasteiger partial charge < -0.3 is 35.6 Å². The molecule has 0 fully saturated rings. The summed E-state index contributed by atoms with van der Waals surface area (Å²) in [6.07, 6.45) is 1.81. The van der Waals surface area contributed by atoms with E-state index in [0.717, 1.165) is 5.69 Å². The van der Waals surface area contributed by atoms with E-state index in [2.05, 4.69) is 10.3 Å². The van der Waals surface area contributed by atoms with E-state index in [1.165, 1.54) is 0 Å². The van der Waals surface area contributed by atoms with Crippen LogP contribution in [0.25, 0.3) is 0 Å². The lowest BCUT2D eigenvalue weighted by atomic mass is 10.1. The molecule has 0 unspecified atom stereocenters. The molecule has 1 amide bonds. The van der Waals surface area contributed by atoms with Gasteiger partial charge in [0.2, 0.25) is 5.91 Å². The van der Waals surface area contributed by atoms with Crippen molar-refractivity contribution in [2.45, 2.75) is 38.0 Å². The third-order valence-electron chi connectivity index (χ3n) is 3.84. The maximum atomic E-state index is 10.8. The summed E-state index contributed by atoms with van der Waals surface area (Å²) in [5, 5.41) is 44.5. The SMILES string of the molecule is NC(=O)CCCc1cn(CC(COC(CO)CO)COC(CO)CO)nn1. The molecular weight excluding hydrogens is 360 g/mol. The molecule has 0 atom stereocenters. The number of carbonyl (C=O) groups is 1. The molecule has 6 N–H and O–H groups in total. The predicted molar refractivity (Wildman–Crippen MR) is 93.5 cm³/mol. The van der Waals surface area contributed by atoms with Crippen molar-refractivity contribution in [1.82, 2.24) is 15.0 Å². The summed E-state index contributed by atoms with van der Waals surface area (Å²) in [5.41, 5.74) is 5.84. The van der Waals surface area contributed by atoms with E-state index in [0.29, 0.717) is 19.4 Å². The summed E-state index contributed by atoms with van der Waals surface area (Å²) in [7, 11) is 0. The minimum Gasteiger partial charge on any atom is -0.394 e. The summed E-state index contributed by atoms with van der Waals surface area (Å²) in [6.45, 7) is -0.518. The maximum absolute atomic E-state index is 10.8. The van der Waals surface area contributed by atoms with E-state index in [9.17, 15) is 4.79 Å². The zero-order valence-corrected chi connectivity index (χ0v) is 15.3. The summed E-state index contributed by atoms with van der Waals surface area (Å²) in [6, 6.07) is 0. The average Bonchev–Trinajstić information content (AvgIpc) is 3.10. The number of nitrogens with two attached hydrogens (primary N) is 1. The Kier molecular flexibility index (Phi) is 11.7. The number of primary amides is 1. The molecule has 0 radical (unpaired) electrons. The second-order valence-corrected chi connectivity index (χ2v) is 6.26. The maximum Gasteiger partial charge on any atom is 0.217 e. The molecule has 0 aliphatic heterocycles. The molecule has 1 aromatic heterocycles. The Hall–Kier alpha value is -1.63. The van der Waals surface area contributed by atoms with Gasteiger partial charge in [0, 0.05) is 25.1 Å². The highest BCUT2D eigenvalue weighted by Gasteiger charge is 2.17. The largest absolute Gasteiger partial charge is 0.394 e. The van der Waals surface area contributed by atoms with E-state index < -0.39 is 12.2 Å². The third kappa shape index (κ3) is 9.75. The number of aliphatic hydroxyl groups is 4. The van der Waals surface area contributed by atoms with Gasteiger partial charge in [0.1, 0.15) is 12.2 Å². The standard InChI is InChI=1S/C16H30N4O7/c17-16(25)3-1-2-13-5-20(19-18-13)4-12(10-26-14(6-21)7-22)11-27-15(8-23)9-24/h5,12,14-15,21-24H,1-4,6-11H2,(H2,17,25). The highest BCUT2D eigenvalue weighted by atomic mass is 16.5. The van der Waals surface area contributed by atoms with Gasteiger partial charge in [-0.3, -0.25) is 9.48 Å². The first-order valence-corrected chi connectivity index (χ1v) is 8.86. The lowest BCUT2D eigenvalue weighted by Crippen LogP contribution is -2.32. The molecule has 0 aliphatic rings. The Morgan fingerprint density at radius 3 is 2.11 bits per heavy atom. The molecule has 156 valence electrons. The number of carbonyl (C=O) groups excluding carboxylic acids is 1. The van der Waals surface area contributed by atoms with Gasteiger partial charge >= 0.3 is 0 Å². The second kappa shape index (κ2) is 13.5. The normalized spacial score (nSPS) is 11.8. The molecule has 1 rings (SSSR count). The van der Waals surface area contributed by atoms with Crippen LogP contribution in [0.15, 0.2) is 6.20 Å². The second-order valence-electron chi connectivity index (χ2n) is 6.26. The van der Waals surface area contributed by atoms with Crippen LogP contribution < -0.4 is 5.73 Å². The smallest absolute Gasteiger partial charge is 0.217 e. The minimum absolute atomic E-state index is 0.173. The lowest BCUT2D eigenvalue weighted by molar-refractivity contribution is -0.118. The van der Waals surface area contributed by atoms with Crippen molar-refractivity contribution in [3.8, 4) is 0 Å². The van der Waals surface area contributed by atoms with Crippen LogP contribution in [0.3, 0.4) is 0 Å². The molecule has 0 bridgehead atoms. The Morgan fingerprint density at radius 2 is 1.63 bits per heavy atom. The summed E-state index contributed by atoms with van der Waals surface area (Å²) < 4.78 is 12.5. The van der Waals surface area contributed by atoms with Crippen LogP contribution in [0, 0.1) is 5.92 Å². The predicted octanol–water partition coefficient (Wildman–Crippen LogP) is -2.56. The summed E-state index contributed by atoms with van der Waals surface area (Å²) in [4.78, 5) is 10.8. The number of aliphatic hydroxyl groups excluding tert-OH is 4. The highest BCUT2D eigenvalue weighted by molar-refractivity contribution is 5.73. The Morgan fingerprint density at radius 1 is 1.07 bits per heavy atom. The van der Waals surface area contributed by atoms with E-state index in [1.54, 1.807) is 10.9 Å². The number of aromatic nitrogens is 3. The number of amides is 1.